The molecule has 3 aromatic rings. The molecule has 1 aromatic heterocycles. The first kappa shape index (κ1) is 27.0. The third-order valence-electron chi connectivity index (χ3n) is 7.15. The molecule has 2 aromatic carbocycles. The monoisotopic (exact) mass is 538 g/mol. The maximum absolute atomic E-state index is 13.4. The maximum Gasteiger partial charge on any atom is 0.194 e. The molecule has 4 rings (SSSR count). The zero-order valence-electron chi connectivity index (χ0n) is 20.2. The molecule has 4 nitrogen and oxygen atoms in total. The van der Waals surface area contributed by atoms with Crippen molar-refractivity contribution >= 4 is 34.3 Å². The van der Waals surface area contributed by atoms with Crippen LogP contribution in [0.3, 0.4) is 0 Å². The number of ether oxygens (including phenoxy) is 1. The van der Waals surface area contributed by atoms with E-state index in [-0.39, 0.29) is 12.0 Å². The number of aryl methyl sites for hydroxylation is 1. The molecule has 1 aliphatic heterocycles. The molecule has 0 unspecified atom stereocenters. The van der Waals surface area contributed by atoms with E-state index in [0.29, 0.717) is 15.7 Å². The molecule has 0 amide bonds. The Bertz CT molecular complexity index is 1180. The van der Waals surface area contributed by atoms with Crippen molar-refractivity contribution in [3.63, 3.8) is 0 Å². The van der Waals surface area contributed by atoms with Gasteiger partial charge in [0.15, 0.2) is 17.5 Å². The topological polar surface area (TPSA) is 45.6 Å². The van der Waals surface area contributed by atoms with E-state index in [1.165, 1.54) is 11.8 Å². The van der Waals surface area contributed by atoms with Crippen molar-refractivity contribution in [1.29, 1.82) is 0 Å². The molecular weight excluding hydrogens is 509 g/mol. The maximum atomic E-state index is 13.4. The number of halogens is 4. The molecule has 2 heterocycles. The van der Waals surface area contributed by atoms with Crippen LogP contribution in [0, 0.1) is 22.9 Å². The molecule has 36 heavy (non-hydrogen) atoms. The second-order valence-electron chi connectivity index (χ2n) is 9.37. The summed E-state index contributed by atoms with van der Waals surface area (Å²) >= 11 is 7.81. The minimum absolute atomic E-state index is 0.125. The van der Waals surface area contributed by atoms with Crippen LogP contribution in [0.4, 0.5) is 13.2 Å². The van der Waals surface area contributed by atoms with Gasteiger partial charge in [0.05, 0.1) is 17.6 Å². The summed E-state index contributed by atoms with van der Waals surface area (Å²) in [7, 11) is 1.64. The first-order valence-electron chi connectivity index (χ1n) is 12.1. The number of pyridine rings is 1. The number of hydrogen-bond acceptors (Lipinski definition) is 5. The highest BCUT2D eigenvalue weighted by Gasteiger charge is 2.33. The first-order valence-corrected chi connectivity index (χ1v) is 13.4. The molecule has 0 atom stereocenters. The number of likely N-dealkylation sites (tertiary alicyclic amines) is 1. The average Bonchev–Trinajstić information content (AvgIpc) is 2.89. The number of piperidine rings is 1. The van der Waals surface area contributed by atoms with Gasteiger partial charge >= 0.3 is 0 Å². The van der Waals surface area contributed by atoms with Gasteiger partial charge in [0.1, 0.15) is 5.75 Å². The summed E-state index contributed by atoms with van der Waals surface area (Å²) in [6.07, 6.45) is 6.04. The highest BCUT2D eigenvalue weighted by Crippen LogP contribution is 2.37. The summed E-state index contributed by atoms with van der Waals surface area (Å²) in [6, 6.07) is 7.85. The van der Waals surface area contributed by atoms with Gasteiger partial charge in [-0.2, -0.15) is 0 Å². The predicted molar refractivity (Wildman–Crippen MR) is 138 cm³/mol. The van der Waals surface area contributed by atoms with Crippen LogP contribution in [0.25, 0.3) is 10.9 Å². The fraction of sp³-hybridized carbons (Fsp3) is 0.444. The molecule has 0 aliphatic carbocycles. The van der Waals surface area contributed by atoms with E-state index in [1.807, 2.05) is 18.2 Å². The van der Waals surface area contributed by atoms with E-state index in [9.17, 15) is 18.3 Å². The predicted octanol–water partition coefficient (Wildman–Crippen LogP) is 6.50. The number of benzene rings is 2. The van der Waals surface area contributed by atoms with Crippen molar-refractivity contribution in [2.24, 2.45) is 5.41 Å². The molecule has 1 aliphatic rings. The molecule has 1 N–H and O–H groups in total. The zero-order valence-corrected chi connectivity index (χ0v) is 21.8. The standard InChI is InChI=1S/C27H30ClF3N2O2S/c1-35-18-4-5-25-21(13-18)20(22(28)16-32-25)3-2-6-27(17-34)7-9-33(10-8-27)11-12-36-19-14-23(29)26(31)24(30)15-19/h4-5,13-16,34H,2-3,6-12,17H2,1H3. The van der Waals surface area contributed by atoms with E-state index < -0.39 is 17.5 Å². The molecule has 1 saturated heterocycles. The van der Waals surface area contributed by atoms with Crippen LogP contribution in [0.5, 0.6) is 5.75 Å². The number of rotatable bonds is 10. The van der Waals surface area contributed by atoms with Crippen molar-refractivity contribution in [3.8, 4) is 5.75 Å². The largest absolute Gasteiger partial charge is 0.497 e. The smallest absolute Gasteiger partial charge is 0.194 e. The van der Waals surface area contributed by atoms with Crippen LogP contribution in [-0.2, 0) is 6.42 Å². The van der Waals surface area contributed by atoms with Crippen LogP contribution >= 0.6 is 23.4 Å². The van der Waals surface area contributed by atoms with Gasteiger partial charge < -0.3 is 14.7 Å². The highest BCUT2D eigenvalue weighted by molar-refractivity contribution is 7.99. The molecule has 0 spiro atoms. The Morgan fingerprint density at radius 1 is 1.14 bits per heavy atom. The quantitative estimate of drug-likeness (QED) is 0.236. The Morgan fingerprint density at radius 2 is 1.86 bits per heavy atom. The van der Waals surface area contributed by atoms with Crippen molar-refractivity contribution in [3.05, 3.63) is 64.6 Å². The van der Waals surface area contributed by atoms with E-state index >= 15 is 0 Å². The Morgan fingerprint density at radius 3 is 2.53 bits per heavy atom. The Balaban J connectivity index is 1.29. The molecule has 1 fully saturated rings. The number of aliphatic hydroxyl groups is 1. The van der Waals surface area contributed by atoms with Crippen molar-refractivity contribution in [2.45, 2.75) is 37.0 Å². The normalized spacial score (nSPS) is 15.9. The lowest BCUT2D eigenvalue weighted by Gasteiger charge is -2.41. The third kappa shape index (κ3) is 6.28. The molecular formula is C27H30ClF3N2O2S. The van der Waals surface area contributed by atoms with E-state index in [1.54, 1.807) is 13.3 Å². The zero-order chi connectivity index (χ0) is 25.7. The lowest BCUT2D eigenvalue weighted by Crippen LogP contribution is -2.42. The first-order chi connectivity index (χ1) is 17.3. The minimum Gasteiger partial charge on any atom is -0.497 e. The van der Waals surface area contributed by atoms with Gasteiger partial charge in [0.25, 0.3) is 0 Å². The van der Waals surface area contributed by atoms with Gasteiger partial charge in [-0.25, -0.2) is 13.2 Å². The van der Waals surface area contributed by atoms with E-state index in [4.69, 9.17) is 16.3 Å². The van der Waals surface area contributed by atoms with Gasteiger partial charge in [-0.1, -0.05) is 11.6 Å². The SMILES string of the molecule is COc1ccc2ncc(Cl)c(CCCC3(CO)CCN(CCSc4cc(F)c(F)c(F)c4)CC3)c2c1. The van der Waals surface area contributed by atoms with Crippen LogP contribution < -0.4 is 4.74 Å². The number of methoxy groups -OCH3 is 1. The summed E-state index contributed by atoms with van der Waals surface area (Å²) < 4.78 is 45.3. The van der Waals surface area contributed by atoms with Crippen LogP contribution in [0.15, 0.2) is 41.4 Å². The van der Waals surface area contributed by atoms with Gasteiger partial charge in [-0.15, -0.1) is 11.8 Å². The lowest BCUT2D eigenvalue weighted by molar-refractivity contribution is 0.0378. The number of aliphatic hydroxyl groups excluding tert-OH is 1. The van der Waals surface area contributed by atoms with Crippen LogP contribution in [0.1, 0.15) is 31.2 Å². The second kappa shape index (κ2) is 12.0. The van der Waals surface area contributed by atoms with Gasteiger partial charge in [-0.05, 0) is 86.5 Å². The van der Waals surface area contributed by atoms with Crippen LogP contribution in [0.2, 0.25) is 5.02 Å². The fourth-order valence-corrected chi connectivity index (χ4v) is 6.07. The average molecular weight is 539 g/mol. The Kier molecular flexibility index (Phi) is 9.04. The molecule has 0 radical (unpaired) electrons. The summed E-state index contributed by atoms with van der Waals surface area (Å²) in [5.74, 6) is -2.35. The molecule has 0 bridgehead atoms. The molecule has 9 heteroatoms. The fourth-order valence-electron chi connectivity index (χ4n) is 4.87. The molecule has 0 saturated carbocycles. The highest BCUT2D eigenvalue weighted by atomic mass is 35.5. The van der Waals surface area contributed by atoms with Gasteiger partial charge in [-0.3, -0.25) is 4.98 Å². The second-order valence-corrected chi connectivity index (χ2v) is 10.9. The minimum atomic E-state index is -1.44. The van der Waals surface area contributed by atoms with Crippen molar-refractivity contribution in [2.75, 3.05) is 39.1 Å². The lowest BCUT2D eigenvalue weighted by atomic mass is 9.75. The number of thioether (sulfide) groups is 1. The van der Waals surface area contributed by atoms with E-state index in [0.717, 1.165) is 86.1 Å². The van der Waals surface area contributed by atoms with Crippen LogP contribution in [-0.4, -0.2) is 54.1 Å². The summed E-state index contributed by atoms with van der Waals surface area (Å²) in [5, 5.41) is 11.9. The molecule has 194 valence electrons. The van der Waals surface area contributed by atoms with Gasteiger partial charge in [0.2, 0.25) is 0 Å². The Labute approximate surface area is 218 Å². The number of nitrogens with zero attached hydrogens (tertiary/aromatic N) is 2. The van der Waals surface area contributed by atoms with Gasteiger partial charge in [0, 0.05) is 35.4 Å². The van der Waals surface area contributed by atoms with Crippen molar-refractivity contribution in [1.82, 2.24) is 9.88 Å². The summed E-state index contributed by atoms with van der Waals surface area (Å²) in [6.45, 7) is 2.60. The summed E-state index contributed by atoms with van der Waals surface area (Å²) in [4.78, 5) is 7.11. The van der Waals surface area contributed by atoms with Crippen molar-refractivity contribution < 1.29 is 23.0 Å². The number of fused-ring (bicyclic) bond motifs is 1. The Hall–Kier alpha value is -2.00. The number of aromatic nitrogens is 1. The number of hydrogen-bond donors (Lipinski definition) is 1. The summed E-state index contributed by atoms with van der Waals surface area (Å²) in [5.41, 5.74) is 1.81. The third-order valence-corrected chi connectivity index (χ3v) is 8.44. The van der Waals surface area contributed by atoms with E-state index in [2.05, 4.69) is 9.88 Å².